The summed E-state index contributed by atoms with van der Waals surface area (Å²) in [5.74, 6) is -0.314. The average molecular weight is 416 g/mol. The highest BCUT2D eigenvalue weighted by molar-refractivity contribution is 6.30. The molecule has 1 aromatic heterocycles. The van der Waals surface area contributed by atoms with Gasteiger partial charge in [-0.15, -0.1) is 0 Å². The van der Waals surface area contributed by atoms with E-state index in [9.17, 15) is 9.90 Å². The lowest BCUT2D eigenvalue weighted by Crippen LogP contribution is -2.00. The van der Waals surface area contributed by atoms with Crippen LogP contribution in [0.1, 0.15) is 16.8 Å². The number of halogens is 1. The quantitative estimate of drug-likeness (QED) is 0.305. The molecule has 0 bridgehead atoms. The topological polar surface area (TPSA) is 59.4 Å². The number of aliphatic carboxylic acids is 1. The molecule has 30 heavy (non-hydrogen) atoms. The van der Waals surface area contributed by atoms with E-state index in [1.54, 1.807) is 30.3 Å². The van der Waals surface area contributed by atoms with Crippen molar-refractivity contribution in [1.82, 2.24) is 4.98 Å². The van der Waals surface area contributed by atoms with Crippen LogP contribution in [-0.2, 0) is 11.4 Å². The van der Waals surface area contributed by atoms with Gasteiger partial charge in [0.2, 0.25) is 0 Å². The molecular weight excluding hydrogens is 398 g/mol. The van der Waals surface area contributed by atoms with Crippen molar-refractivity contribution in [2.75, 3.05) is 0 Å². The van der Waals surface area contributed by atoms with Gasteiger partial charge in [0.15, 0.2) is 0 Å². The Balaban J connectivity index is 1.48. The summed E-state index contributed by atoms with van der Waals surface area (Å²) in [4.78, 5) is 16.3. The van der Waals surface area contributed by atoms with Gasteiger partial charge in [-0.25, -0.2) is 9.78 Å². The highest BCUT2D eigenvalue weighted by Gasteiger charge is 2.10. The van der Waals surface area contributed by atoms with Crippen molar-refractivity contribution in [1.29, 1.82) is 0 Å². The van der Waals surface area contributed by atoms with E-state index in [-0.39, 0.29) is 5.57 Å². The van der Waals surface area contributed by atoms with E-state index in [4.69, 9.17) is 16.3 Å². The molecule has 0 amide bonds. The maximum absolute atomic E-state index is 11.7. The number of nitrogens with zero attached hydrogens (tertiary/aromatic N) is 1. The molecule has 0 spiro atoms. The lowest BCUT2D eigenvalue weighted by Gasteiger charge is -2.08. The number of carboxylic acid groups (broad SMARTS) is 1. The molecular formula is C25H18ClNO3. The van der Waals surface area contributed by atoms with Crippen LogP contribution in [-0.4, -0.2) is 16.1 Å². The van der Waals surface area contributed by atoms with Gasteiger partial charge in [-0.3, -0.25) is 0 Å². The highest BCUT2D eigenvalue weighted by Crippen LogP contribution is 2.22. The molecule has 0 radical (unpaired) electrons. The summed E-state index contributed by atoms with van der Waals surface area (Å²) in [5.41, 5.74) is 3.32. The molecule has 0 aliphatic carbocycles. The molecule has 1 heterocycles. The zero-order chi connectivity index (χ0) is 20.9. The molecule has 4 nitrogen and oxygen atoms in total. The van der Waals surface area contributed by atoms with Crippen molar-refractivity contribution in [2.24, 2.45) is 0 Å². The Labute approximate surface area is 179 Å². The number of pyridine rings is 1. The summed E-state index contributed by atoms with van der Waals surface area (Å²) >= 11 is 5.89. The van der Waals surface area contributed by atoms with Crippen molar-refractivity contribution >= 4 is 40.1 Å². The smallest absolute Gasteiger partial charge is 0.336 e. The second kappa shape index (κ2) is 8.80. The first-order valence-electron chi connectivity index (χ1n) is 9.37. The molecule has 0 unspecified atom stereocenters. The SMILES string of the molecule is O=C(O)/C(=C\c1ccc(OCc2ccc3ccccc3n2)cc1)c1ccc(Cl)cc1. The van der Waals surface area contributed by atoms with Crippen LogP contribution in [0.3, 0.4) is 0 Å². The van der Waals surface area contributed by atoms with Gasteiger partial charge in [-0.05, 0) is 53.6 Å². The zero-order valence-corrected chi connectivity index (χ0v) is 16.7. The number of hydrogen-bond acceptors (Lipinski definition) is 3. The Bertz CT molecular complexity index is 1220. The third kappa shape index (κ3) is 4.67. The van der Waals surface area contributed by atoms with Crippen molar-refractivity contribution in [3.8, 4) is 5.75 Å². The first kappa shape index (κ1) is 19.7. The van der Waals surface area contributed by atoms with Crippen LogP contribution in [0.15, 0.2) is 84.9 Å². The van der Waals surface area contributed by atoms with Gasteiger partial charge in [0, 0.05) is 10.4 Å². The number of fused-ring (bicyclic) bond motifs is 1. The standard InChI is InChI=1S/C25H18ClNO3/c26-20-10-7-18(8-11-20)23(25(28)29)15-17-5-13-22(14-6-17)30-16-21-12-9-19-3-1-2-4-24(19)27-21/h1-15H,16H2,(H,28,29)/b23-15-. The molecule has 1 N–H and O–H groups in total. The monoisotopic (exact) mass is 415 g/mol. The number of rotatable bonds is 6. The van der Waals surface area contributed by atoms with Crippen LogP contribution < -0.4 is 4.74 Å². The fraction of sp³-hybridized carbons (Fsp3) is 0.0400. The third-order valence-electron chi connectivity index (χ3n) is 4.62. The zero-order valence-electron chi connectivity index (χ0n) is 16.0. The second-order valence-electron chi connectivity index (χ2n) is 6.72. The Morgan fingerprint density at radius 3 is 2.40 bits per heavy atom. The Morgan fingerprint density at radius 1 is 0.933 bits per heavy atom. The Morgan fingerprint density at radius 2 is 1.67 bits per heavy atom. The van der Waals surface area contributed by atoms with E-state index in [1.807, 2.05) is 60.7 Å². The average Bonchev–Trinajstić information content (AvgIpc) is 2.77. The van der Waals surface area contributed by atoms with E-state index in [0.717, 1.165) is 22.2 Å². The summed E-state index contributed by atoms with van der Waals surface area (Å²) in [6.45, 7) is 0.352. The first-order chi connectivity index (χ1) is 14.6. The van der Waals surface area contributed by atoms with Crippen LogP contribution >= 0.6 is 11.6 Å². The minimum atomic E-state index is -1.000. The van der Waals surface area contributed by atoms with Gasteiger partial charge in [0.1, 0.15) is 12.4 Å². The number of carboxylic acids is 1. The number of ether oxygens (including phenoxy) is 1. The van der Waals surface area contributed by atoms with Crippen LogP contribution in [0.5, 0.6) is 5.75 Å². The van der Waals surface area contributed by atoms with Crippen molar-refractivity contribution in [3.05, 3.63) is 107 Å². The summed E-state index contributed by atoms with van der Waals surface area (Å²) in [6.07, 6.45) is 1.63. The largest absolute Gasteiger partial charge is 0.487 e. The molecule has 3 aromatic carbocycles. The number of hydrogen-bond donors (Lipinski definition) is 1. The Kier molecular flexibility index (Phi) is 5.77. The minimum Gasteiger partial charge on any atom is -0.487 e. The third-order valence-corrected chi connectivity index (χ3v) is 4.87. The number of aromatic nitrogens is 1. The highest BCUT2D eigenvalue weighted by atomic mass is 35.5. The number of carbonyl (C=O) groups is 1. The first-order valence-corrected chi connectivity index (χ1v) is 9.75. The lowest BCUT2D eigenvalue weighted by molar-refractivity contribution is -0.130. The summed E-state index contributed by atoms with van der Waals surface area (Å²) in [7, 11) is 0. The summed E-state index contributed by atoms with van der Waals surface area (Å²) in [5, 5.41) is 11.2. The van der Waals surface area contributed by atoms with Gasteiger partial charge >= 0.3 is 5.97 Å². The molecule has 0 fully saturated rings. The Hall–Kier alpha value is -3.63. The van der Waals surface area contributed by atoms with E-state index in [0.29, 0.717) is 22.9 Å². The maximum atomic E-state index is 11.7. The summed E-state index contributed by atoms with van der Waals surface area (Å²) < 4.78 is 5.83. The molecule has 0 atom stereocenters. The molecule has 0 saturated heterocycles. The van der Waals surface area contributed by atoms with Crippen LogP contribution in [0.4, 0.5) is 0 Å². The van der Waals surface area contributed by atoms with Crippen LogP contribution in [0.2, 0.25) is 5.02 Å². The van der Waals surface area contributed by atoms with E-state index in [1.165, 1.54) is 0 Å². The minimum absolute atomic E-state index is 0.195. The predicted octanol–water partition coefficient (Wildman–Crippen LogP) is 6.09. The van der Waals surface area contributed by atoms with Gasteiger partial charge in [-0.1, -0.05) is 60.1 Å². The summed E-state index contributed by atoms with van der Waals surface area (Å²) in [6, 6.07) is 25.9. The van der Waals surface area contributed by atoms with E-state index < -0.39 is 5.97 Å². The van der Waals surface area contributed by atoms with Crippen molar-refractivity contribution < 1.29 is 14.6 Å². The number of para-hydroxylation sites is 1. The van der Waals surface area contributed by atoms with Crippen LogP contribution in [0, 0.1) is 0 Å². The fourth-order valence-electron chi connectivity index (χ4n) is 3.07. The molecule has 148 valence electrons. The molecule has 0 aliphatic heterocycles. The van der Waals surface area contributed by atoms with Gasteiger partial charge in [-0.2, -0.15) is 0 Å². The lowest BCUT2D eigenvalue weighted by atomic mass is 10.0. The van der Waals surface area contributed by atoms with E-state index >= 15 is 0 Å². The van der Waals surface area contributed by atoms with Gasteiger partial charge in [0.05, 0.1) is 16.8 Å². The molecule has 0 saturated carbocycles. The van der Waals surface area contributed by atoms with Crippen molar-refractivity contribution in [2.45, 2.75) is 6.61 Å². The molecule has 0 aliphatic rings. The molecule has 5 heteroatoms. The normalized spacial score (nSPS) is 11.4. The van der Waals surface area contributed by atoms with Crippen molar-refractivity contribution in [3.63, 3.8) is 0 Å². The maximum Gasteiger partial charge on any atom is 0.336 e. The van der Waals surface area contributed by atoms with Gasteiger partial charge in [0.25, 0.3) is 0 Å². The van der Waals surface area contributed by atoms with E-state index in [2.05, 4.69) is 4.98 Å². The fourth-order valence-corrected chi connectivity index (χ4v) is 3.20. The number of benzene rings is 3. The van der Waals surface area contributed by atoms with Crippen LogP contribution in [0.25, 0.3) is 22.6 Å². The predicted molar refractivity (Wildman–Crippen MR) is 119 cm³/mol. The second-order valence-corrected chi connectivity index (χ2v) is 7.16. The molecule has 4 aromatic rings. The molecule has 4 rings (SSSR count). The van der Waals surface area contributed by atoms with Gasteiger partial charge < -0.3 is 9.84 Å².